The minimum Gasteiger partial charge on any atom is -0.384 e. The Morgan fingerprint density at radius 3 is 2.75 bits per heavy atom. The van der Waals surface area contributed by atoms with Gasteiger partial charge in [-0.2, -0.15) is 0 Å². The van der Waals surface area contributed by atoms with Crippen molar-refractivity contribution in [2.75, 3.05) is 25.0 Å². The smallest absolute Gasteiger partial charge is 0.179 e. The molecule has 0 radical (unpaired) electrons. The first kappa shape index (κ1) is 14.5. The molecule has 1 aliphatic heterocycles. The SMILES string of the molecule is C=CCN(CC=C)C(C)C(=O)c1ccc2c(c1)CCN2. The molecule has 20 heavy (non-hydrogen) atoms. The standard InChI is InChI=1S/C17H22N2O/c1-4-10-19(11-5-2)13(3)17(20)15-6-7-16-14(12-15)8-9-18-16/h4-7,12-13,18H,1-2,8-11H2,3H3. The Morgan fingerprint density at radius 1 is 1.40 bits per heavy atom. The minimum absolute atomic E-state index is 0.156. The molecule has 2 rings (SSSR count). The lowest BCUT2D eigenvalue weighted by Gasteiger charge is -2.25. The lowest BCUT2D eigenvalue weighted by atomic mass is 10.0. The van der Waals surface area contributed by atoms with Gasteiger partial charge in [0.1, 0.15) is 0 Å². The van der Waals surface area contributed by atoms with Crippen molar-refractivity contribution in [2.24, 2.45) is 0 Å². The van der Waals surface area contributed by atoms with Crippen LogP contribution in [-0.4, -0.2) is 36.4 Å². The molecule has 0 fully saturated rings. The van der Waals surface area contributed by atoms with Gasteiger partial charge in [-0.15, -0.1) is 13.2 Å². The van der Waals surface area contributed by atoms with E-state index in [4.69, 9.17) is 0 Å². The number of benzene rings is 1. The molecule has 1 aromatic carbocycles. The van der Waals surface area contributed by atoms with Crippen molar-refractivity contribution < 1.29 is 4.79 Å². The van der Waals surface area contributed by atoms with E-state index in [0.717, 1.165) is 24.2 Å². The molecule has 0 saturated heterocycles. The number of carbonyl (C=O) groups excluding carboxylic acids is 1. The van der Waals surface area contributed by atoms with Crippen molar-refractivity contribution in [3.05, 3.63) is 54.6 Å². The first-order valence-corrected chi connectivity index (χ1v) is 7.04. The Bertz CT molecular complexity index is 512. The Hall–Kier alpha value is -1.87. The second-order valence-corrected chi connectivity index (χ2v) is 5.12. The van der Waals surface area contributed by atoms with Crippen molar-refractivity contribution in [3.8, 4) is 0 Å². The second-order valence-electron chi connectivity index (χ2n) is 5.12. The highest BCUT2D eigenvalue weighted by atomic mass is 16.1. The van der Waals surface area contributed by atoms with Crippen LogP contribution in [0.5, 0.6) is 0 Å². The second kappa shape index (κ2) is 6.53. The molecular formula is C17H22N2O. The maximum atomic E-state index is 12.6. The lowest BCUT2D eigenvalue weighted by molar-refractivity contribution is 0.0865. The van der Waals surface area contributed by atoms with E-state index in [1.807, 2.05) is 37.3 Å². The van der Waals surface area contributed by atoms with Crippen molar-refractivity contribution >= 4 is 11.5 Å². The summed E-state index contributed by atoms with van der Waals surface area (Å²) in [5.41, 5.74) is 3.18. The molecule has 1 N–H and O–H groups in total. The molecular weight excluding hydrogens is 248 g/mol. The van der Waals surface area contributed by atoms with Crippen molar-refractivity contribution in [3.63, 3.8) is 0 Å². The topological polar surface area (TPSA) is 32.3 Å². The van der Waals surface area contributed by atoms with Crippen LogP contribution >= 0.6 is 0 Å². The van der Waals surface area contributed by atoms with E-state index < -0.39 is 0 Å². The van der Waals surface area contributed by atoms with Gasteiger partial charge < -0.3 is 5.32 Å². The zero-order valence-electron chi connectivity index (χ0n) is 12.1. The number of fused-ring (bicyclic) bond motifs is 1. The quantitative estimate of drug-likeness (QED) is 0.611. The van der Waals surface area contributed by atoms with E-state index in [1.54, 1.807) is 0 Å². The number of ketones is 1. The lowest BCUT2D eigenvalue weighted by Crippen LogP contribution is -2.39. The van der Waals surface area contributed by atoms with Crippen LogP contribution in [0.2, 0.25) is 0 Å². The van der Waals surface area contributed by atoms with Crippen LogP contribution in [-0.2, 0) is 6.42 Å². The normalized spacial score (nSPS) is 14.5. The van der Waals surface area contributed by atoms with Crippen molar-refractivity contribution in [2.45, 2.75) is 19.4 Å². The summed E-state index contributed by atoms with van der Waals surface area (Å²) in [4.78, 5) is 14.7. The number of carbonyl (C=O) groups is 1. The summed E-state index contributed by atoms with van der Waals surface area (Å²) >= 11 is 0. The largest absolute Gasteiger partial charge is 0.384 e. The minimum atomic E-state index is -0.168. The highest BCUT2D eigenvalue weighted by Gasteiger charge is 2.22. The van der Waals surface area contributed by atoms with Gasteiger partial charge in [0.2, 0.25) is 0 Å². The van der Waals surface area contributed by atoms with Gasteiger partial charge in [-0.25, -0.2) is 0 Å². The zero-order chi connectivity index (χ0) is 14.5. The highest BCUT2D eigenvalue weighted by molar-refractivity contribution is 6.00. The van der Waals surface area contributed by atoms with E-state index in [2.05, 4.69) is 23.4 Å². The molecule has 3 nitrogen and oxygen atoms in total. The molecule has 0 aromatic heterocycles. The van der Waals surface area contributed by atoms with Gasteiger partial charge in [-0.05, 0) is 37.1 Å². The van der Waals surface area contributed by atoms with Gasteiger partial charge >= 0.3 is 0 Å². The fourth-order valence-corrected chi connectivity index (χ4v) is 2.59. The molecule has 1 heterocycles. The van der Waals surface area contributed by atoms with Crippen LogP contribution in [0, 0.1) is 0 Å². The number of anilines is 1. The molecule has 0 amide bonds. The summed E-state index contributed by atoms with van der Waals surface area (Å²) in [6.07, 6.45) is 4.63. The number of rotatable bonds is 7. The van der Waals surface area contributed by atoms with Crippen LogP contribution in [0.3, 0.4) is 0 Å². The first-order valence-electron chi connectivity index (χ1n) is 7.04. The fraction of sp³-hybridized carbons (Fsp3) is 0.353. The molecule has 0 aliphatic carbocycles. The van der Waals surface area contributed by atoms with Gasteiger partial charge in [0.05, 0.1) is 6.04 Å². The molecule has 3 heteroatoms. The van der Waals surface area contributed by atoms with E-state index in [9.17, 15) is 4.79 Å². The highest BCUT2D eigenvalue weighted by Crippen LogP contribution is 2.24. The molecule has 1 aromatic rings. The number of hydrogen-bond acceptors (Lipinski definition) is 3. The van der Waals surface area contributed by atoms with E-state index >= 15 is 0 Å². The summed E-state index contributed by atoms with van der Waals surface area (Å²) in [7, 11) is 0. The first-order chi connectivity index (χ1) is 9.67. The van der Waals surface area contributed by atoms with E-state index in [-0.39, 0.29) is 11.8 Å². The predicted molar refractivity (Wildman–Crippen MR) is 84.4 cm³/mol. The maximum Gasteiger partial charge on any atom is 0.179 e. The zero-order valence-corrected chi connectivity index (χ0v) is 12.1. The van der Waals surface area contributed by atoms with Crippen molar-refractivity contribution in [1.82, 2.24) is 4.90 Å². The van der Waals surface area contributed by atoms with Crippen LogP contribution < -0.4 is 5.32 Å². The van der Waals surface area contributed by atoms with Gasteiger partial charge in [-0.1, -0.05) is 12.2 Å². The Kier molecular flexibility index (Phi) is 4.74. The predicted octanol–water partition coefficient (Wildman–Crippen LogP) is 2.90. The van der Waals surface area contributed by atoms with Gasteiger partial charge in [0.15, 0.2) is 5.78 Å². The average molecular weight is 270 g/mol. The summed E-state index contributed by atoms with van der Waals surface area (Å²) in [5.74, 6) is 0.156. The Morgan fingerprint density at radius 2 is 2.10 bits per heavy atom. The van der Waals surface area contributed by atoms with Crippen LogP contribution in [0.1, 0.15) is 22.8 Å². The molecule has 0 spiro atoms. The monoisotopic (exact) mass is 270 g/mol. The summed E-state index contributed by atoms with van der Waals surface area (Å²) in [5, 5.41) is 3.31. The third-order valence-electron chi connectivity index (χ3n) is 3.75. The number of nitrogens with one attached hydrogen (secondary N) is 1. The summed E-state index contributed by atoms with van der Waals surface area (Å²) in [6.45, 7) is 11.8. The maximum absolute atomic E-state index is 12.6. The average Bonchev–Trinajstić information content (AvgIpc) is 2.92. The van der Waals surface area contributed by atoms with Gasteiger partial charge in [-0.3, -0.25) is 9.69 Å². The van der Waals surface area contributed by atoms with Crippen LogP contribution in [0.15, 0.2) is 43.5 Å². The Labute approximate surface area is 121 Å². The molecule has 1 atom stereocenters. The molecule has 0 bridgehead atoms. The third-order valence-corrected chi connectivity index (χ3v) is 3.75. The molecule has 106 valence electrons. The summed E-state index contributed by atoms with van der Waals surface area (Å²) < 4.78 is 0. The molecule has 1 unspecified atom stereocenters. The number of nitrogens with zero attached hydrogens (tertiary/aromatic N) is 1. The Balaban J connectivity index is 2.16. The van der Waals surface area contributed by atoms with Crippen LogP contribution in [0.25, 0.3) is 0 Å². The van der Waals surface area contributed by atoms with Crippen LogP contribution in [0.4, 0.5) is 5.69 Å². The van der Waals surface area contributed by atoms with E-state index in [0.29, 0.717) is 13.1 Å². The van der Waals surface area contributed by atoms with Crippen molar-refractivity contribution in [1.29, 1.82) is 0 Å². The molecule has 0 saturated carbocycles. The summed E-state index contributed by atoms with van der Waals surface area (Å²) in [6, 6.07) is 5.77. The van der Waals surface area contributed by atoms with Gasteiger partial charge in [0.25, 0.3) is 0 Å². The third kappa shape index (κ3) is 2.99. The molecule has 1 aliphatic rings. The fourth-order valence-electron chi connectivity index (χ4n) is 2.59. The van der Waals surface area contributed by atoms with E-state index in [1.165, 1.54) is 5.56 Å². The number of hydrogen-bond donors (Lipinski definition) is 1. The number of Topliss-reactive ketones (excluding diaryl/α,β-unsaturated/α-hetero) is 1. The van der Waals surface area contributed by atoms with Gasteiger partial charge in [0, 0.05) is 30.9 Å².